The molecule has 12 heteroatoms. The lowest BCUT2D eigenvalue weighted by Gasteiger charge is -2.33. The Labute approximate surface area is 193 Å². The number of esters is 1. The average Bonchev–Trinajstić information content (AvgIpc) is 3.52. The summed E-state index contributed by atoms with van der Waals surface area (Å²) in [5.41, 5.74) is 0.821. The molecule has 4 rings (SSSR count). The van der Waals surface area contributed by atoms with E-state index in [1.165, 1.54) is 34.2 Å². The SMILES string of the molecule is COC(=O)c1csc(S(=O)(=O)N2CCN(C(=O)c3sc(-c4ccc(C)o4)nc3C)CC2)c1. The highest BCUT2D eigenvalue weighted by Gasteiger charge is 2.33. The second-order valence-corrected chi connectivity index (χ2v) is 11.3. The molecule has 0 radical (unpaired) electrons. The minimum Gasteiger partial charge on any atom is -0.465 e. The Bertz CT molecular complexity index is 1270. The largest absolute Gasteiger partial charge is 0.465 e. The summed E-state index contributed by atoms with van der Waals surface area (Å²) in [6.07, 6.45) is 0. The van der Waals surface area contributed by atoms with Crippen LogP contribution in [-0.2, 0) is 14.8 Å². The minimum absolute atomic E-state index is 0.0781. The first kappa shape index (κ1) is 22.6. The number of hydrogen-bond acceptors (Lipinski definition) is 9. The van der Waals surface area contributed by atoms with E-state index >= 15 is 0 Å². The van der Waals surface area contributed by atoms with Gasteiger partial charge in [0, 0.05) is 31.6 Å². The highest BCUT2D eigenvalue weighted by Crippen LogP contribution is 2.31. The zero-order valence-corrected chi connectivity index (χ0v) is 20.1. The second-order valence-electron chi connectivity index (χ2n) is 7.19. The van der Waals surface area contributed by atoms with Crippen molar-refractivity contribution in [2.45, 2.75) is 18.1 Å². The molecule has 170 valence electrons. The normalized spacial score (nSPS) is 15.2. The molecule has 9 nitrogen and oxygen atoms in total. The van der Waals surface area contributed by atoms with Crippen LogP contribution in [0.2, 0.25) is 0 Å². The number of sulfonamides is 1. The molecule has 0 unspecified atom stereocenters. The predicted molar refractivity (Wildman–Crippen MR) is 120 cm³/mol. The van der Waals surface area contributed by atoms with Crippen molar-refractivity contribution in [3.05, 3.63) is 45.5 Å². The Morgan fingerprint density at radius 3 is 2.50 bits per heavy atom. The molecule has 1 saturated heterocycles. The summed E-state index contributed by atoms with van der Waals surface area (Å²) in [5.74, 6) is 0.633. The first-order chi connectivity index (χ1) is 15.2. The van der Waals surface area contributed by atoms with Crippen molar-refractivity contribution < 1.29 is 27.2 Å². The van der Waals surface area contributed by atoms with Gasteiger partial charge in [0.1, 0.15) is 14.8 Å². The number of thiazole rings is 1. The van der Waals surface area contributed by atoms with E-state index in [0.29, 0.717) is 21.3 Å². The Hall–Kier alpha value is -2.54. The summed E-state index contributed by atoms with van der Waals surface area (Å²) in [7, 11) is -2.51. The monoisotopic (exact) mass is 495 g/mol. The molecule has 1 aliphatic heterocycles. The van der Waals surface area contributed by atoms with Gasteiger partial charge in [-0.3, -0.25) is 4.79 Å². The van der Waals surface area contributed by atoms with Crippen LogP contribution in [0.3, 0.4) is 0 Å². The first-order valence-electron chi connectivity index (χ1n) is 9.71. The number of furan rings is 1. The lowest BCUT2D eigenvalue weighted by Crippen LogP contribution is -2.50. The van der Waals surface area contributed by atoms with Crippen molar-refractivity contribution in [1.82, 2.24) is 14.2 Å². The first-order valence-corrected chi connectivity index (χ1v) is 12.8. The topological polar surface area (TPSA) is 110 Å². The number of ether oxygens (including phenoxy) is 1. The lowest BCUT2D eigenvalue weighted by molar-refractivity contribution is 0.0600. The summed E-state index contributed by atoms with van der Waals surface area (Å²) in [6.45, 7) is 4.48. The van der Waals surface area contributed by atoms with E-state index < -0.39 is 16.0 Å². The Morgan fingerprint density at radius 1 is 1.16 bits per heavy atom. The molecule has 3 aromatic heterocycles. The summed E-state index contributed by atoms with van der Waals surface area (Å²) in [5, 5.41) is 2.10. The fraction of sp³-hybridized carbons (Fsp3) is 0.350. The minimum atomic E-state index is -3.75. The summed E-state index contributed by atoms with van der Waals surface area (Å²) < 4.78 is 37.5. The third-order valence-corrected chi connectivity index (χ3v) is 9.53. The number of piperazine rings is 1. The molecule has 4 heterocycles. The fourth-order valence-corrected chi connectivity index (χ4v) is 7.05. The zero-order chi connectivity index (χ0) is 23.0. The molecule has 0 aromatic carbocycles. The number of thiophene rings is 1. The van der Waals surface area contributed by atoms with Gasteiger partial charge in [-0.2, -0.15) is 4.31 Å². The van der Waals surface area contributed by atoms with Crippen LogP contribution >= 0.6 is 22.7 Å². The number of methoxy groups -OCH3 is 1. The summed E-state index contributed by atoms with van der Waals surface area (Å²) in [6, 6.07) is 4.98. The number of carbonyl (C=O) groups excluding carboxylic acids is 2. The van der Waals surface area contributed by atoms with Crippen LogP contribution in [0, 0.1) is 13.8 Å². The third kappa shape index (κ3) is 4.22. The van der Waals surface area contributed by atoms with Crippen molar-refractivity contribution >= 4 is 44.6 Å². The fourth-order valence-electron chi connectivity index (χ4n) is 3.33. The van der Waals surface area contributed by atoms with Crippen LogP contribution < -0.4 is 0 Å². The second kappa shape index (κ2) is 8.77. The van der Waals surface area contributed by atoms with Gasteiger partial charge in [0.25, 0.3) is 15.9 Å². The van der Waals surface area contributed by atoms with Crippen LogP contribution in [0.4, 0.5) is 0 Å². The molecular formula is C20H21N3O6S3. The predicted octanol–water partition coefficient (Wildman–Crippen LogP) is 3.01. The molecule has 0 N–H and O–H groups in total. The zero-order valence-electron chi connectivity index (χ0n) is 17.7. The number of aryl methyl sites for hydroxylation is 2. The van der Waals surface area contributed by atoms with E-state index in [0.717, 1.165) is 17.1 Å². The summed E-state index contributed by atoms with van der Waals surface area (Å²) >= 11 is 2.24. The number of aromatic nitrogens is 1. The van der Waals surface area contributed by atoms with E-state index in [2.05, 4.69) is 9.72 Å². The number of hydrogen-bond donors (Lipinski definition) is 0. The molecule has 1 fully saturated rings. The van der Waals surface area contributed by atoms with Gasteiger partial charge in [0.15, 0.2) is 10.8 Å². The molecule has 0 aliphatic carbocycles. The van der Waals surface area contributed by atoms with Gasteiger partial charge in [-0.05, 0) is 32.0 Å². The van der Waals surface area contributed by atoms with E-state index in [-0.39, 0.29) is 41.9 Å². The van der Waals surface area contributed by atoms with Crippen molar-refractivity contribution in [3.63, 3.8) is 0 Å². The molecular weight excluding hydrogens is 474 g/mol. The molecule has 3 aromatic rings. The van der Waals surface area contributed by atoms with Crippen molar-refractivity contribution in [1.29, 1.82) is 0 Å². The number of rotatable bonds is 5. The maximum absolute atomic E-state index is 13.1. The quantitative estimate of drug-likeness (QED) is 0.501. The third-order valence-electron chi connectivity index (χ3n) is 5.06. The Balaban J connectivity index is 1.44. The van der Waals surface area contributed by atoms with Gasteiger partial charge in [0.2, 0.25) is 0 Å². The van der Waals surface area contributed by atoms with Crippen molar-refractivity contribution in [2.75, 3.05) is 33.3 Å². The standard InChI is InChI=1S/C20H21N3O6S3/c1-12-4-5-15(29-12)18-21-13(2)17(31-18)19(24)22-6-8-23(9-7-22)32(26,27)16-10-14(11-30-16)20(25)28-3/h4-5,10-11H,6-9H2,1-3H3. The van der Waals surface area contributed by atoms with Gasteiger partial charge in [0.05, 0.1) is 18.4 Å². The van der Waals surface area contributed by atoms with Gasteiger partial charge in [-0.15, -0.1) is 22.7 Å². The Morgan fingerprint density at radius 2 is 1.88 bits per heavy atom. The maximum Gasteiger partial charge on any atom is 0.338 e. The van der Waals surface area contributed by atoms with Crippen molar-refractivity contribution in [2.24, 2.45) is 0 Å². The average molecular weight is 496 g/mol. The molecule has 0 bridgehead atoms. The van der Waals surface area contributed by atoms with E-state index in [1.54, 1.807) is 11.8 Å². The van der Waals surface area contributed by atoms with Crippen LogP contribution in [0.15, 0.2) is 32.2 Å². The molecule has 32 heavy (non-hydrogen) atoms. The van der Waals surface area contributed by atoms with Gasteiger partial charge < -0.3 is 14.1 Å². The molecule has 0 saturated carbocycles. The summed E-state index contributed by atoms with van der Waals surface area (Å²) in [4.78, 5) is 31.3. The molecule has 0 spiro atoms. The van der Waals surface area contributed by atoms with Crippen molar-refractivity contribution in [3.8, 4) is 10.8 Å². The Kier molecular flexibility index (Phi) is 6.21. The van der Waals surface area contributed by atoms with E-state index in [1.807, 2.05) is 19.1 Å². The maximum atomic E-state index is 13.1. The van der Waals surface area contributed by atoms with E-state index in [9.17, 15) is 18.0 Å². The highest BCUT2D eigenvalue weighted by atomic mass is 32.2. The van der Waals surface area contributed by atoms with Crippen LogP contribution in [-0.4, -0.2) is 67.8 Å². The molecule has 0 atom stereocenters. The van der Waals surface area contributed by atoms with Gasteiger partial charge in [-0.25, -0.2) is 18.2 Å². The van der Waals surface area contributed by atoms with Crippen LogP contribution in [0.25, 0.3) is 10.8 Å². The smallest absolute Gasteiger partial charge is 0.338 e. The van der Waals surface area contributed by atoms with Gasteiger partial charge >= 0.3 is 5.97 Å². The number of amides is 1. The van der Waals surface area contributed by atoms with Gasteiger partial charge in [-0.1, -0.05) is 0 Å². The van der Waals surface area contributed by atoms with Crippen LogP contribution in [0.1, 0.15) is 31.5 Å². The number of nitrogens with zero attached hydrogens (tertiary/aromatic N) is 3. The molecule has 1 aliphatic rings. The lowest BCUT2D eigenvalue weighted by atomic mass is 10.3. The highest BCUT2D eigenvalue weighted by molar-refractivity contribution is 7.91. The van der Waals surface area contributed by atoms with Crippen LogP contribution in [0.5, 0.6) is 0 Å². The number of carbonyl (C=O) groups is 2. The van der Waals surface area contributed by atoms with E-state index in [4.69, 9.17) is 4.42 Å². The molecule has 1 amide bonds.